The number of carbonyl (C=O) groups excluding carboxylic acids is 1. The van der Waals surface area contributed by atoms with Crippen LogP contribution in [0.3, 0.4) is 0 Å². The van der Waals surface area contributed by atoms with Crippen molar-refractivity contribution in [3.05, 3.63) is 52.7 Å². The molecule has 3 rings (SSSR count). The van der Waals surface area contributed by atoms with Crippen LogP contribution >= 0.6 is 11.3 Å². The van der Waals surface area contributed by atoms with Crippen LogP contribution in [0, 0.1) is 0 Å². The lowest BCUT2D eigenvalue weighted by molar-refractivity contribution is 0.0943. The van der Waals surface area contributed by atoms with Crippen LogP contribution in [0.5, 0.6) is 0 Å². The molecule has 2 heterocycles. The summed E-state index contributed by atoms with van der Waals surface area (Å²) in [5.41, 5.74) is 4.18. The Balaban J connectivity index is 1.73. The van der Waals surface area contributed by atoms with Gasteiger partial charge >= 0.3 is 0 Å². The largest absolute Gasteiger partial charge is 0.464 e. The third kappa shape index (κ3) is 2.64. The maximum Gasteiger partial charge on any atom is 0.180 e. The highest BCUT2D eigenvalue weighted by molar-refractivity contribution is 7.07. The van der Waals surface area contributed by atoms with Crippen molar-refractivity contribution >= 4 is 28.1 Å². The molecule has 0 N–H and O–H groups in total. The molecule has 0 radical (unpaired) electrons. The molecule has 0 amide bonds. The second kappa shape index (κ2) is 5.56. The molecule has 20 heavy (non-hydrogen) atoms. The molecular formula is C15H14N2O2S. The Labute approximate surface area is 120 Å². The summed E-state index contributed by atoms with van der Waals surface area (Å²) in [5, 5.41) is 2.87. The van der Waals surface area contributed by atoms with E-state index in [9.17, 15) is 4.79 Å². The molecule has 3 aromatic rings. The van der Waals surface area contributed by atoms with E-state index >= 15 is 0 Å². The SMILES string of the molecule is CN(CC(=O)c1coc2ccccc12)Cc1cscn1. The lowest BCUT2D eigenvalue weighted by Crippen LogP contribution is -2.25. The van der Waals surface area contributed by atoms with Gasteiger partial charge in [0.05, 0.1) is 23.3 Å². The van der Waals surface area contributed by atoms with Crippen LogP contribution < -0.4 is 0 Å². The van der Waals surface area contributed by atoms with Crippen LogP contribution in [-0.2, 0) is 6.54 Å². The molecule has 0 saturated heterocycles. The van der Waals surface area contributed by atoms with Crippen LogP contribution in [0.15, 0.2) is 45.8 Å². The van der Waals surface area contributed by atoms with Crippen molar-refractivity contribution in [3.8, 4) is 0 Å². The molecule has 0 atom stereocenters. The first-order valence-electron chi connectivity index (χ1n) is 6.29. The minimum atomic E-state index is 0.0627. The zero-order chi connectivity index (χ0) is 13.9. The molecule has 4 nitrogen and oxygen atoms in total. The number of hydrogen-bond donors (Lipinski definition) is 0. The number of nitrogens with zero attached hydrogens (tertiary/aromatic N) is 2. The standard InChI is InChI=1S/C15H14N2O2S/c1-17(6-11-9-20-10-16-11)7-14(18)13-8-19-15-5-3-2-4-12(13)15/h2-5,8-10H,6-7H2,1H3. The van der Waals surface area contributed by atoms with Gasteiger partial charge in [0, 0.05) is 17.3 Å². The van der Waals surface area contributed by atoms with Gasteiger partial charge in [-0.1, -0.05) is 18.2 Å². The fourth-order valence-electron chi connectivity index (χ4n) is 2.17. The molecular weight excluding hydrogens is 272 g/mol. The zero-order valence-corrected chi connectivity index (χ0v) is 11.9. The first-order chi connectivity index (χ1) is 9.74. The predicted octanol–water partition coefficient (Wildman–Crippen LogP) is 3.20. The summed E-state index contributed by atoms with van der Waals surface area (Å²) >= 11 is 1.56. The molecule has 5 heteroatoms. The summed E-state index contributed by atoms with van der Waals surface area (Å²) in [7, 11) is 1.92. The summed E-state index contributed by atoms with van der Waals surface area (Å²) in [5.74, 6) is 0.0627. The normalized spacial score (nSPS) is 11.3. The van der Waals surface area contributed by atoms with Crippen LogP contribution in [0.1, 0.15) is 16.1 Å². The third-order valence-electron chi connectivity index (χ3n) is 3.11. The molecule has 0 spiro atoms. The molecule has 0 bridgehead atoms. The Morgan fingerprint density at radius 2 is 2.25 bits per heavy atom. The van der Waals surface area contributed by atoms with E-state index in [1.54, 1.807) is 23.1 Å². The van der Waals surface area contributed by atoms with E-state index in [0.29, 0.717) is 18.7 Å². The van der Waals surface area contributed by atoms with Crippen LogP contribution in [0.25, 0.3) is 11.0 Å². The Hall–Kier alpha value is -1.98. The van der Waals surface area contributed by atoms with Crippen molar-refractivity contribution in [3.63, 3.8) is 0 Å². The van der Waals surface area contributed by atoms with E-state index in [-0.39, 0.29) is 5.78 Å². The van der Waals surface area contributed by atoms with Crippen LogP contribution in [0.2, 0.25) is 0 Å². The van der Waals surface area contributed by atoms with Gasteiger partial charge in [0.2, 0.25) is 0 Å². The number of aromatic nitrogens is 1. The molecule has 2 aromatic heterocycles. The van der Waals surface area contributed by atoms with E-state index < -0.39 is 0 Å². The summed E-state index contributed by atoms with van der Waals surface area (Å²) in [6.45, 7) is 1.02. The minimum absolute atomic E-state index is 0.0627. The zero-order valence-electron chi connectivity index (χ0n) is 11.1. The smallest absolute Gasteiger partial charge is 0.180 e. The maximum atomic E-state index is 12.3. The first kappa shape index (κ1) is 13.0. The quantitative estimate of drug-likeness (QED) is 0.676. The predicted molar refractivity (Wildman–Crippen MR) is 79.0 cm³/mol. The Kier molecular flexibility index (Phi) is 3.62. The number of Topliss-reactive ketones (excluding diaryl/α,β-unsaturated/α-hetero) is 1. The van der Waals surface area contributed by atoms with Gasteiger partial charge in [-0.2, -0.15) is 0 Å². The molecule has 0 aliphatic heterocycles. The van der Waals surface area contributed by atoms with Gasteiger partial charge in [-0.25, -0.2) is 4.98 Å². The highest BCUT2D eigenvalue weighted by Gasteiger charge is 2.15. The van der Waals surface area contributed by atoms with Gasteiger partial charge in [0.1, 0.15) is 11.8 Å². The number of rotatable bonds is 5. The summed E-state index contributed by atoms with van der Waals surface area (Å²) in [6, 6.07) is 7.58. The molecule has 102 valence electrons. The number of hydrogen-bond acceptors (Lipinski definition) is 5. The highest BCUT2D eigenvalue weighted by Crippen LogP contribution is 2.21. The number of thiazole rings is 1. The second-order valence-electron chi connectivity index (χ2n) is 4.72. The first-order valence-corrected chi connectivity index (χ1v) is 7.23. The summed E-state index contributed by atoms with van der Waals surface area (Å²) in [6.07, 6.45) is 1.55. The van der Waals surface area contributed by atoms with Crippen LogP contribution in [0.4, 0.5) is 0 Å². The van der Waals surface area contributed by atoms with Gasteiger partial charge in [0.15, 0.2) is 5.78 Å². The van der Waals surface area contributed by atoms with E-state index in [0.717, 1.165) is 16.7 Å². The lowest BCUT2D eigenvalue weighted by Gasteiger charge is -2.13. The Morgan fingerprint density at radius 3 is 3.05 bits per heavy atom. The Morgan fingerprint density at radius 1 is 1.40 bits per heavy atom. The monoisotopic (exact) mass is 286 g/mol. The van der Waals surface area contributed by atoms with Gasteiger partial charge in [-0.3, -0.25) is 9.69 Å². The Bertz CT molecular complexity index is 718. The molecule has 0 aliphatic carbocycles. The highest BCUT2D eigenvalue weighted by atomic mass is 32.1. The van der Waals surface area contributed by atoms with E-state index in [2.05, 4.69) is 4.98 Å². The number of carbonyl (C=O) groups is 1. The second-order valence-corrected chi connectivity index (χ2v) is 5.44. The topological polar surface area (TPSA) is 46.3 Å². The van der Waals surface area contributed by atoms with Crippen molar-refractivity contribution in [2.24, 2.45) is 0 Å². The van der Waals surface area contributed by atoms with Crippen LogP contribution in [-0.4, -0.2) is 29.3 Å². The average molecular weight is 286 g/mol. The summed E-state index contributed by atoms with van der Waals surface area (Å²) in [4.78, 5) is 18.5. The van der Waals surface area contributed by atoms with E-state index in [4.69, 9.17) is 4.42 Å². The third-order valence-corrected chi connectivity index (χ3v) is 3.75. The number of para-hydroxylation sites is 1. The number of fused-ring (bicyclic) bond motifs is 1. The molecule has 0 unspecified atom stereocenters. The fraction of sp³-hybridized carbons (Fsp3) is 0.200. The van der Waals surface area contributed by atoms with Crippen molar-refractivity contribution < 1.29 is 9.21 Å². The summed E-state index contributed by atoms with van der Waals surface area (Å²) < 4.78 is 5.41. The van der Waals surface area contributed by atoms with E-state index in [1.165, 1.54) is 0 Å². The lowest BCUT2D eigenvalue weighted by atomic mass is 10.1. The number of furan rings is 1. The maximum absolute atomic E-state index is 12.3. The van der Waals surface area contributed by atoms with Gasteiger partial charge in [0.25, 0.3) is 0 Å². The number of benzene rings is 1. The van der Waals surface area contributed by atoms with E-state index in [1.807, 2.05) is 41.6 Å². The van der Waals surface area contributed by atoms with Gasteiger partial charge < -0.3 is 4.42 Å². The van der Waals surface area contributed by atoms with Crippen molar-refractivity contribution in [1.82, 2.24) is 9.88 Å². The van der Waals surface area contributed by atoms with Gasteiger partial charge in [-0.15, -0.1) is 11.3 Å². The van der Waals surface area contributed by atoms with Crippen molar-refractivity contribution in [2.75, 3.05) is 13.6 Å². The van der Waals surface area contributed by atoms with Crippen molar-refractivity contribution in [2.45, 2.75) is 6.54 Å². The minimum Gasteiger partial charge on any atom is -0.464 e. The van der Waals surface area contributed by atoms with Gasteiger partial charge in [-0.05, 0) is 13.1 Å². The van der Waals surface area contributed by atoms with Crippen molar-refractivity contribution in [1.29, 1.82) is 0 Å². The molecule has 0 aliphatic rings. The fourth-order valence-corrected chi connectivity index (χ4v) is 2.72. The molecule has 1 aromatic carbocycles. The average Bonchev–Trinajstić information content (AvgIpc) is 3.07. The number of ketones is 1. The molecule has 0 fully saturated rings. The molecule has 0 saturated carbocycles. The number of likely N-dealkylation sites (N-methyl/N-ethyl adjacent to an activating group) is 1.